The molecule has 2 saturated heterocycles. The van der Waals surface area contributed by atoms with Crippen molar-refractivity contribution >= 4 is 17.5 Å². The Hall–Kier alpha value is -3.10. The molecule has 4 rings (SSSR count). The zero-order valence-electron chi connectivity index (χ0n) is 20.7. The van der Waals surface area contributed by atoms with E-state index in [4.69, 9.17) is 9.47 Å². The molecule has 0 radical (unpaired) electrons. The molecule has 2 aliphatic rings. The lowest BCUT2D eigenvalue weighted by Crippen LogP contribution is -2.51. The van der Waals surface area contributed by atoms with E-state index in [1.807, 2.05) is 11.0 Å². The zero-order chi connectivity index (χ0) is 24.6. The number of piperazine rings is 1. The molecule has 0 aromatic heterocycles. The van der Waals surface area contributed by atoms with Gasteiger partial charge in [-0.2, -0.15) is 0 Å². The third-order valence-corrected chi connectivity index (χ3v) is 6.90. The molecule has 0 bridgehead atoms. The molecule has 2 aromatic rings. The molecular formula is C27H36N4O4. The highest BCUT2D eigenvalue weighted by Gasteiger charge is 2.31. The third kappa shape index (κ3) is 6.74. The van der Waals surface area contributed by atoms with Crippen LogP contribution in [0.5, 0.6) is 11.5 Å². The summed E-state index contributed by atoms with van der Waals surface area (Å²) < 4.78 is 10.5. The molecule has 0 unspecified atom stereocenters. The second-order valence-electron chi connectivity index (χ2n) is 9.26. The van der Waals surface area contributed by atoms with Crippen molar-refractivity contribution in [2.45, 2.75) is 19.4 Å². The van der Waals surface area contributed by atoms with E-state index < -0.39 is 0 Å². The third-order valence-electron chi connectivity index (χ3n) is 6.90. The van der Waals surface area contributed by atoms with Crippen molar-refractivity contribution in [1.82, 2.24) is 14.7 Å². The molecule has 2 amide bonds. The quantitative estimate of drug-likeness (QED) is 0.626. The predicted octanol–water partition coefficient (Wildman–Crippen LogP) is 2.70. The van der Waals surface area contributed by atoms with Crippen LogP contribution in [0.3, 0.4) is 0 Å². The molecule has 2 fully saturated rings. The Balaban J connectivity index is 1.18. The van der Waals surface area contributed by atoms with Gasteiger partial charge >= 0.3 is 0 Å². The average Bonchev–Trinajstić information content (AvgIpc) is 2.89. The SMILES string of the molecule is COc1ccc(NC(=O)CN2CCC(C(=O)N3CCN(Cc4ccccc4)CC3)CC2)cc1OC. The maximum atomic E-state index is 13.1. The first-order valence-corrected chi connectivity index (χ1v) is 12.3. The van der Waals surface area contributed by atoms with Crippen molar-refractivity contribution in [3.63, 3.8) is 0 Å². The first-order valence-electron chi connectivity index (χ1n) is 12.3. The molecule has 2 aromatic carbocycles. The number of likely N-dealkylation sites (tertiary alicyclic amines) is 1. The number of ether oxygens (including phenoxy) is 2. The summed E-state index contributed by atoms with van der Waals surface area (Å²) in [6, 6.07) is 15.8. The zero-order valence-corrected chi connectivity index (χ0v) is 20.7. The summed E-state index contributed by atoms with van der Waals surface area (Å²) in [7, 11) is 3.15. The molecule has 8 heteroatoms. The van der Waals surface area contributed by atoms with Crippen LogP contribution in [-0.2, 0) is 16.1 Å². The fourth-order valence-electron chi connectivity index (χ4n) is 4.88. The van der Waals surface area contributed by atoms with Crippen molar-refractivity contribution in [1.29, 1.82) is 0 Å². The number of methoxy groups -OCH3 is 2. The van der Waals surface area contributed by atoms with Crippen molar-refractivity contribution < 1.29 is 19.1 Å². The highest BCUT2D eigenvalue weighted by atomic mass is 16.5. The van der Waals surface area contributed by atoms with E-state index in [2.05, 4.69) is 39.4 Å². The molecule has 1 N–H and O–H groups in total. The van der Waals surface area contributed by atoms with E-state index in [0.717, 1.165) is 58.7 Å². The van der Waals surface area contributed by atoms with E-state index >= 15 is 0 Å². The molecule has 0 saturated carbocycles. The number of hydrogen-bond acceptors (Lipinski definition) is 6. The Morgan fingerprint density at radius 3 is 2.20 bits per heavy atom. The van der Waals surface area contributed by atoms with E-state index in [1.54, 1.807) is 32.4 Å². The Bertz CT molecular complexity index is 984. The number of carbonyl (C=O) groups excluding carboxylic acids is 2. The molecule has 2 aliphatic heterocycles. The standard InChI is InChI=1S/C27H36N4O4/c1-34-24-9-8-23(18-25(24)35-2)28-26(32)20-29-12-10-22(11-13-29)27(33)31-16-14-30(15-17-31)19-21-6-4-3-5-7-21/h3-9,18,22H,10-17,19-20H2,1-2H3,(H,28,32). The molecular weight excluding hydrogens is 444 g/mol. The largest absolute Gasteiger partial charge is 0.493 e. The summed E-state index contributed by atoms with van der Waals surface area (Å²) >= 11 is 0. The minimum Gasteiger partial charge on any atom is -0.493 e. The predicted molar refractivity (Wildman–Crippen MR) is 136 cm³/mol. The highest BCUT2D eigenvalue weighted by molar-refractivity contribution is 5.92. The van der Waals surface area contributed by atoms with E-state index in [0.29, 0.717) is 23.7 Å². The topological polar surface area (TPSA) is 74.4 Å². The molecule has 0 spiro atoms. The normalized spacial score (nSPS) is 17.7. The van der Waals surface area contributed by atoms with Crippen molar-refractivity contribution in [3.05, 3.63) is 54.1 Å². The first-order chi connectivity index (χ1) is 17.1. The van der Waals surface area contributed by atoms with Gasteiger partial charge in [-0.25, -0.2) is 0 Å². The average molecular weight is 481 g/mol. The Kier molecular flexibility index (Phi) is 8.60. The lowest BCUT2D eigenvalue weighted by Gasteiger charge is -2.38. The van der Waals surface area contributed by atoms with E-state index in [1.165, 1.54) is 5.56 Å². The molecule has 35 heavy (non-hydrogen) atoms. The van der Waals surface area contributed by atoms with Crippen LogP contribution in [0.1, 0.15) is 18.4 Å². The van der Waals surface area contributed by atoms with Crippen LogP contribution >= 0.6 is 0 Å². The van der Waals surface area contributed by atoms with Gasteiger partial charge in [0.15, 0.2) is 11.5 Å². The summed E-state index contributed by atoms with van der Waals surface area (Å²) in [6.45, 7) is 6.17. The van der Waals surface area contributed by atoms with Gasteiger partial charge < -0.3 is 19.7 Å². The van der Waals surface area contributed by atoms with Gasteiger partial charge in [-0.3, -0.25) is 19.4 Å². The van der Waals surface area contributed by atoms with Gasteiger partial charge in [0.1, 0.15) is 0 Å². The lowest BCUT2D eigenvalue weighted by atomic mass is 9.95. The van der Waals surface area contributed by atoms with Gasteiger partial charge in [-0.15, -0.1) is 0 Å². The summed E-state index contributed by atoms with van der Waals surface area (Å²) in [5.41, 5.74) is 1.99. The van der Waals surface area contributed by atoms with Crippen LogP contribution in [-0.4, -0.2) is 86.5 Å². The minimum absolute atomic E-state index is 0.0563. The van der Waals surface area contributed by atoms with Gasteiger partial charge in [-0.05, 0) is 43.6 Å². The van der Waals surface area contributed by atoms with E-state index in [-0.39, 0.29) is 17.7 Å². The second-order valence-corrected chi connectivity index (χ2v) is 9.26. The smallest absolute Gasteiger partial charge is 0.238 e. The maximum absolute atomic E-state index is 13.1. The summed E-state index contributed by atoms with van der Waals surface area (Å²) in [5.74, 6) is 1.46. The number of anilines is 1. The Morgan fingerprint density at radius 2 is 1.54 bits per heavy atom. The molecule has 188 valence electrons. The van der Waals surface area contributed by atoms with Crippen LogP contribution in [0.4, 0.5) is 5.69 Å². The minimum atomic E-state index is -0.0727. The number of piperidine rings is 1. The van der Waals surface area contributed by atoms with Crippen molar-refractivity contribution in [2.75, 3.05) is 65.3 Å². The summed E-state index contributed by atoms with van der Waals surface area (Å²) in [6.07, 6.45) is 1.60. The second kappa shape index (κ2) is 12.0. The van der Waals surface area contributed by atoms with Crippen LogP contribution in [0.25, 0.3) is 0 Å². The number of nitrogens with one attached hydrogen (secondary N) is 1. The Morgan fingerprint density at radius 1 is 0.857 bits per heavy atom. The van der Waals surface area contributed by atoms with Crippen LogP contribution in [0, 0.1) is 5.92 Å². The maximum Gasteiger partial charge on any atom is 0.238 e. The van der Waals surface area contributed by atoms with Gasteiger partial charge in [-0.1, -0.05) is 30.3 Å². The van der Waals surface area contributed by atoms with E-state index in [9.17, 15) is 9.59 Å². The number of hydrogen-bond donors (Lipinski definition) is 1. The summed E-state index contributed by atoms with van der Waals surface area (Å²) in [5, 5.41) is 2.93. The summed E-state index contributed by atoms with van der Waals surface area (Å²) in [4.78, 5) is 32.2. The van der Waals surface area contributed by atoms with Gasteiger partial charge in [0.25, 0.3) is 0 Å². The van der Waals surface area contributed by atoms with Gasteiger partial charge in [0, 0.05) is 50.4 Å². The number of nitrogens with zero attached hydrogens (tertiary/aromatic N) is 3. The Labute approximate surface area is 207 Å². The number of carbonyl (C=O) groups is 2. The monoisotopic (exact) mass is 480 g/mol. The van der Waals surface area contributed by atoms with Crippen molar-refractivity contribution in [3.8, 4) is 11.5 Å². The van der Waals surface area contributed by atoms with Crippen LogP contribution < -0.4 is 14.8 Å². The number of rotatable bonds is 8. The number of benzene rings is 2. The fraction of sp³-hybridized carbons (Fsp3) is 0.481. The number of amides is 2. The molecule has 8 nitrogen and oxygen atoms in total. The van der Waals surface area contributed by atoms with Crippen LogP contribution in [0.2, 0.25) is 0 Å². The van der Waals surface area contributed by atoms with Gasteiger partial charge in [0.05, 0.1) is 20.8 Å². The lowest BCUT2D eigenvalue weighted by molar-refractivity contribution is -0.139. The highest BCUT2D eigenvalue weighted by Crippen LogP contribution is 2.29. The molecule has 0 aliphatic carbocycles. The first kappa shape index (κ1) is 25.0. The molecule has 0 atom stereocenters. The van der Waals surface area contributed by atoms with Crippen molar-refractivity contribution in [2.24, 2.45) is 5.92 Å². The van der Waals surface area contributed by atoms with Gasteiger partial charge in [0.2, 0.25) is 11.8 Å². The van der Waals surface area contributed by atoms with Crippen LogP contribution in [0.15, 0.2) is 48.5 Å². The molecule has 2 heterocycles. The fourth-order valence-corrected chi connectivity index (χ4v) is 4.88.